The van der Waals surface area contributed by atoms with Gasteiger partial charge in [-0.2, -0.15) is 0 Å². The molecule has 2 aromatic rings. The van der Waals surface area contributed by atoms with Crippen molar-refractivity contribution in [1.29, 1.82) is 0 Å². The quantitative estimate of drug-likeness (QED) is 0.843. The molecule has 1 atom stereocenters. The van der Waals surface area contributed by atoms with Gasteiger partial charge in [0, 0.05) is 18.0 Å². The van der Waals surface area contributed by atoms with Crippen LogP contribution in [0.4, 0.5) is 4.79 Å². The summed E-state index contributed by atoms with van der Waals surface area (Å²) in [6.45, 7) is 5.40. The molecule has 1 heterocycles. The third-order valence-corrected chi connectivity index (χ3v) is 3.14. The van der Waals surface area contributed by atoms with Gasteiger partial charge in [-0.1, -0.05) is 36.4 Å². The van der Waals surface area contributed by atoms with Gasteiger partial charge in [-0.15, -0.1) is 0 Å². The van der Waals surface area contributed by atoms with Gasteiger partial charge in [-0.25, -0.2) is 9.59 Å². The molecule has 0 aliphatic rings. The number of hydrogen-bond acceptors (Lipinski definition) is 5. The molecule has 0 bridgehead atoms. The van der Waals surface area contributed by atoms with Crippen LogP contribution < -0.4 is 5.32 Å². The van der Waals surface area contributed by atoms with Crippen LogP contribution in [0.5, 0.6) is 0 Å². The minimum Gasteiger partial charge on any atom is -0.458 e. The molecule has 0 spiro atoms. The van der Waals surface area contributed by atoms with Crippen LogP contribution in [0.25, 0.3) is 0 Å². The molecule has 1 aromatic carbocycles. The Hall–Kier alpha value is -2.89. The van der Waals surface area contributed by atoms with E-state index in [1.54, 1.807) is 39.1 Å². The van der Waals surface area contributed by atoms with Crippen LogP contribution in [-0.4, -0.2) is 22.6 Å². The standard InChI is InChI=1S/C19H22N2O4/c1-19(2,3)25-17(22)16(15-10-7-11-20-12-15)21-18(23)24-13-14-8-5-4-6-9-14/h4-12,16H,13H2,1-3H3,(H,21,23). The van der Waals surface area contributed by atoms with Crippen molar-refractivity contribution in [3.63, 3.8) is 0 Å². The molecule has 0 radical (unpaired) electrons. The lowest BCUT2D eigenvalue weighted by Crippen LogP contribution is -2.38. The van der Waals surface area contributed by atoms with Gasteiger partial charge < -0.3 is 14.8 Å². The van der Waals surface area contributed by atoms with Crippen molar-refractivity contribution in [3.8, 4) is 0 Å². The van der Waals surface area contributed by atoms with Crippen LogP contribution in [0.1, 0.15) is 37.9 Å². The van der Waals surface area contributed by atoms with Crippen molar-refractivity contribution in [2.45, 2.75) is 39.0 Å². The van der Waals surface area contributed by atoms with E-state index in [2.05, 4.69) is 10.3 Å². The van der Waals surface area contributed by atoms with E-state index in [1.165, 1.54) is 6.20 Å². The lowest BCUT2D eigenvalue weighted by Gasteiger charge is -2.24. The molecular weight excluding hydrogens is 320 g/mol. The monoisotopic (exact) mass is 342 g/mol. The van der Waals surface area contributed by atoms with E-state index in [0.29, 0.717) is 5.56 Å². The van der Waals surface area contributed by atoms with Gasteiger partial charge in [0.05, 0.1) is 0 Å². The Morgan fingerprint density at radius 1 is 1.12 bits per heavy atom. The normalized spacial score (nSPS) is 12.1. The van der Waals surface area contributed by atoms with Crippen molar-refractivity contribution in [2.24, 2.45) is 0 Å². The topological polar surface area (TPSA) is 77.5 Å². The van der Waals surface area contributed by atoms with Crippen molar-refractivity contribution in [3.05, 3.63) is 66.0 Å². The van der Waals surface area contributed by atoms with E-state index in [1.807, 2.05) is 30.3 Å². The Bertz CT molecular complexity index is 696. The Kier molecular flexibility index (Phi) is 6.11. The average Bonchev–Trinajstić information content (AvgIpc) is 2.58. The van der Waals surface area contributed by atoms with Gasteiger partial charge in [0.1, 0.15) is 12.2 Å². The number of rotatable bonds is 5. The number of benzene rings is 1. The molecule has 0 saturated carbocycles. The Balaban J connectivity index is 2.05. The third kappa shape index (κ3) is 6.25. The molecule has 1 unspecified atom stereocenters. The maximum absolute atomic E-state index is 12.4. The van der Waals surface area contributed by atoms with Crippen molar-refractivity contribution < 1.29 is 19.1 Å². The molecule has 1 aromatic heterocycles. The largest absolute Gasteiger partial charge is 0.458 e. The van der Waals surface area contributed by atoms with Gasteiger partial charge in [-0.3, -0.25) is 4.98 Å². The molecule has 25 heavy (non-hydrogen) atoms. The highest BCUT2D eigenvalue weighted by Gasteiger charge is 2.28. The zero-order valence-corrected chi connectivity index (χ0v) is 14.6. The third-order valence-electron chi connectivity index (χ3n) is 3.14. The zero-order valence-electron chi connectivity index (χ0n) is 14.6. The predicted molar refractivity (Wildman–Crippen MR) is 92.6 cm³/mol. The predicted octanol–water partition coefficient (Wildman–Crippen LogP) is 3.39. The lowest BCUT2D eigenvalue weighted by atomic mass is 10.1. The number of aromatic nitrogens is 1. The minimum absolute atomic E-state index is 0.112. The second kappa shape index (κ2) is 8.28. The highest BCUT2D eigenvalue weighted by atomic mass is 16.6. The number of hydrogen-bond donors (Lipinski definition) is 1. The van der Waals surface area contributed by atoms with Crippen LogP contribution in [0.15, 0.2) is 54.9 Å². The van der Waals surface area contributed by atoms with E-state index in [4.69, 9.17) is 9.47 Å². The SMILES string of the molecule is CC(C)(C)OC(=O)C(NC(=O)OCc1ccccc1)c1cccnc1. The molecule has 0 aliphatic carbocycles. The minimum atomic E-state index is -0.990. The first kappa shape index (κ1) is 18.4. The molecule has 1 N–H and O–H groups in total. The smallest absolute Gasteiger partial charge is 0.408 e. The Morgan fingerprint density at radius 2 is 1.84 bits per heavy atom. The summed E-state index contributed by atoms with van der Waals surface area (Å²) in [5.74, 6) is -0.572. The first-order chi connectivity index (χ1) is 11.8. The van der Waals surface area contributed by atoms with Gasteiger partial charge >= 0.3 is 12.1 Å². The van der Waals surface area contributed by atoms with Gasteiger partial charge in [-0.05, 0) is 32.4 Å². The molecule has 132 valence electrons. The summed E-state index contributed by atoms with van der Waals surface area (Å²) in [5.41, 5.74) is 0.703. The number of carbonyl (C=O) groups is 2. The summed E-state index contributed by atoms with van der Waals surface area (Å²) in [5, 5.41) is 2.55. The van der Waals surface area contributed by atoms with E-state index in [-0.39, 0.29) is 6.61 Å². The number of alkyl carbamates (subject to hydrolysis) is 1. The van der Waals surface area contributed by atoms with Crippen LogP contribution in [0.3, 0.4) is 0 Å². The molecule has 6 heteroatoms. The number of carbonyl (C=O) groups excluding carboxylic acids is 2. The summed E-state index contributed by atoms with van der Waals surface area (Å²) in [7, 11) is 0. The summed E-state index contributed by atoms with van der Waals surface area (Å²) in [6.07, 6.45) is 2.39. The first-order valence-electron chi connectivity index (χ1n) is 7.95. The maximum atomic E-state index is 12.4. The van der Waals surface area contributed by atoms with E-state index in [0.717, 1.165) is 5.56 Å². The number of nitrogens with zero attached hydrogens (tertiary/aromatic N) is 1. The number of ether oxygens (including phenoxy) is 2. The van der Waals surface area contributed by atoms with Gasteiger partial charge in [0.2, 0.25) is 0 Å². The highest BCUT2D eigenvalue weighted by molar-refractivity contribution is 5.82. The van der Waals surface area contributed by atoms with E-state index in [9.17, 15) is 9.59 Å². The second-order valence-corrected chi connectivity index (χ2v) is 6.46. The fourth-order valence-electron chi connectivity index (χ4n) is 2.07. The van der Waals surface area contributed by atoms with Crippen LogP contribution >= 0.6 is 0 Å². The zero-order chi connectivity index (χ0) is 18.3. The summed E-state index contributed by atoms with van der Waals surface area (Å²) >= 11 is 0. The van der Waals surface area contributed by atoms with Crippen LogP contribution in [-0.2, 0) is 20.9 Å². The Morgan fingerprint density at radius 3 is 2.44 bits per heavy atom. The lowest BCUT2D eigenvalue weighted by molar-refractivity contribution is -0.157. The Labute approximate surface area is 147 Å². The molecule has 6 nitrogen and oxygen atoms in total. The van der Waals surface area contributed by atoms with E-state index < -0.39 is 23.7 Å². The van der Waals surface area contributed by atoms with Crippen LogP contribution in [0, 0.1) is 0 Å². The number of esters is 1. The number of pyridine rings is 1. The van der Waals surface area contributed by atoms with Gasteiger partial charge in [0.15, 0.2) is 6.04 Å². The van der Waals surface area contributed by atoms with Crippen molar-refractivity contribution in [1.82, 2.24) is 10.3 Å². The summed E-state index contributed by atoms with van der Waals surface area (Å²) < 4.78 is 10.6. The maximum Gasteiger partial charge on any atom is 0.408 e. The fourth-order valence-corrected chi connectivity index (χ4v) is 2.07. The van der Waals surface area contributed by atoms with Crippen molar-refractivity contribution >= 4 is 12.1 Å². The van der Waals surface area contributed by atoms with Gasteiger partial charge in [0.25, 0.3) is 0 Å². The second-order valence-electron chi connectivity index (χ2n) is 6.46. The summed E-state index contributed by atoms with van der Waals surface area (Å²) in [4.78, 5) is 28.5. The molecule has 2 rings (SSSR count). The van der Waals surface area contributed by atoms with E-state index >= 15 is 0 Å². The molecule has 1 amide bonds. The number of nitrogens with one attached hydrogen (secondary N) is 1. The molecule has 0 fully saturated rings. The van der Waals surface area contributed by atoms with Crippen molar-refractivity contribution in [2.75, 3.05) is 0 Å². The number of amides is 1. The molecular formula is C19H22N2O4. The summed E-state index contributed by atoms with van der Waals surface area (Å²) in [6, 6.07) is 11.7. The van der Waals surface area contributed by atoms with Crippen LogP contribution in [0.2, 0.25) is 0 Å². The molecule has 0 aliphatic heterocycles. The molecule has 0 saturated heterocycles. The fraction of sp³-hybridized carbons (Fsp3) is 0.316. The highest BCUT2D eigenvalue weighted by Crippen LogP contribution is 2.18. The first-order valence-corrected chi connectivity index (χ1v) is 7.95. The average molecular weight is 342 g/mol.